The third-order valence-corrected chi connectivity index (χ3v) is 3.11. The summed E-state index contributed by atoms with van der Waals surface area (Å²) in [5.41, 5.74) is 2.23. The molecule has 0 aliphatic rings. The van der Waals surface area contributed by atoms with Gasteiger partial charge >= 0.3 is 5.97 Å². The van der Waals surface area contributed by atoms with Gasteiger partial charge in [0.1, 0.15) is 12.1 Å². The first kappa shape index (κ1) is 15.7. The summed E-state index contributed by atoms with van der Waals surface area (Å²) in [6.07, 6.45) is 1.52. The van der Waals surface area contributed by atoms with E-state index in [1.54, 1.807) is 12.1 Å². The number of carbonyl (C=O) groups is 1. The summed E-state index contributed by atoms with van der Waals surface area (Å²) in [6, 6.07) is 14.8. The summed E-state index contributed by atoms with van der Waals surface area (Å²) in [4.78, 5) is 19.9. The van der Waals surface area contributed by atoms with Crippen LogP contribution in [-0.4, -0.2) is 23.0 Å². The van der Waals surface area contributed by atoms with Crippen molar-refractivity contribution < 1.29 is 21.9 Å². The van der Waals surface area contributed by atoms with Crippen molar-refractivity contribution in [1.29, 1.82) is 0 Å². The largest absolute Gasteiger partial charge is 1.00 e. The molecule has 1 N–H and O–H groups in total. The van der Waals surface area contributed by atoms with Crippen molar-refractivity contribution in [3.8, 4) is 0 Å². The first-order chi connectivity index (χ1) is 10.3. The molecule has 0 bridgehead atoms. The number of ether oxygens (including phenoxy) is 1. The fourth-order valence-corrected chi connectivity index (χ4v) is 2.05. The van der Waals surface area contributed by atoms with Crippen molar-refractivity contribution >= 4 is 28.4 Å². The van der Waals surface area contributed by atoms with Gasteiger partial charge in [0.05, 0.1) is 18.2 Å². The Kier molecular flexibility index (Phi) is 4.91. The molecule has 0 amide bonds. The number of halogens is 1. The van der Waals surface area contributed by atoms with E-state index < -0.39 is 0 Å². The van der Waals surface area contributed by atoms with Crippen molar-refractivity contribution in [2.75, 3.05) is 12.4 Å². The van der Waals surface area contributed by atoms with Crippen molar-refractivity contribution in [3.05, 3.63) is 60.4 Å². The molecule has 0 aliphatic carbocycles. The van der Waals surface area contributed by atoms with E-state index in [4.69, 9.17) is 0 Å². The van der Waals surface area contributed by atoms with E-state index in [2.05, 4.69) is 20.0 Å². The quantitative estimate of drug-likeness (QED) is 0.698. The average Bonchev–Trinajstić information content (AvgIpc) is 2.55. The number of anilines is 2. The number of hydrogen-bond acceptors (Lipinski definition) is 5. The molecule has 2 aromatic carbocycles. The molecule has 0 aliphatic heterocycles. The zero-order valence-electron chi connectivity index (χ0n) is 11.8. The van der Waals surface area contributed by atoms with Gasteiger partial charge in [-0.3, -0.25) is 0 Å². The summed E-state index contributed by atoms with van der Waals surface area (Å²) >= 11 is 0. The van der Waals surface area contributed by atoms with E-state index in [1.165, 1.54) is 13.4 Å². The second-order valence-corrected chi connectivity index (χ2v) is 4.43. The lowest BCUT2D eigenvalue weighted by atomic mass is 10.2. The molecule has 5 nitrogen and oxygen atoms in total. The molecule has 3 rings (SSSR count). The maximum atomic E-state index is 11.4. The smallest absolute Gasteiger partial charge is 0.337 e. The summed E-state index contributed by atoms with van der Waals surface area (Å²) in [5, 5.41) is 4.17. The minimum atomic E-state index is -0.353. The van der Waals surface area contributed by atoms with Crippen LogP contribution in [0.5, 0.6) is 0 Å². The Bertz CT molecular complexity index is 786. The zero-order chi connectivity index (χ0) is 14.7. The molecule has 22 heavy (non-hydrogen) atoms. The highest BCUT2D eigenvalue weighted by Crippen LogP contribution is 2.22. The van der Waals surface area contributed by atoms with Gasteiger partial charge in [-0.2, -0.15) is 0 Å². The third kappa shape index (κ3) is 3.15. The van der Waals surface area contributed by atoms with Crippen LogP contribution < -0.4 is 17.7 Å². The minimum Gasteiger partial charge on any atom is -1.00 e. The topological polar surface area (TPSA) is 64.1 Å². The number of aromatic nitrogens is 2. The molecule has 0 fully saturated rings. The van der Waals surface area contributed by atoms with Gasteiger partial charge in [0.15, 0.2) is 0 Å². The van der Waals surface area contributed by atoms with Gasteiger partial charge in [-0.25, -0.2) is 14.8 Å². The van der Waals surface area contributed by atoms with Gasteiger partial charge in [0.2, 0.25) is 0 Å². The van der Waals surface area contributed by atoms with Crippen LogP contribution >= 0.6 is 0 Å². The van der Waals surface area contributed by atoms with Gasteiger partial charge < -0.3 is 22.5 Å². The molecule has 0 saturated carbocycles. The standard InChI is InChI=1S/C16H13N3O2.ClH/c1-21-16(20)11-6-8-12(9-7-11)19-15-13-4-2-3-5-14(13)17-10-18-15;/h2-10H,1H3,(H,17,18,19);1H/p-1. The van der Waals surface area contributed by atoms with E-state index in [0.717, 1.165) is 22.4 Å². The van der Waals surface area contributed by atoms with E-state index >= 15 is 0 Å². The third-order valence-electron chi connectivity index (χ3n) is 3.11. The number of benzene rings is 2. The number of nitrogens with zero attached hydrogens (tertiary/aromatic N) is 2. The molecule has 112 valence electrons. The molecular weight excluding hydrogens is 302 g/mol. The average molecular weight is 315 g/mol. The van der Waals surface area contributed by atoms with Crippen molar-refractivity contribution in [1.82, 2.24) is 9.97 Å². The number of hydrogen-bond donors (Lipinski definition) is 1. The lowest BCUT2D eigenvalue weighted by Crippen LogP contribution is -3.00. The highest BCUT2D eigenvalue weighted by atomic mass is 35.5. The van der Waals surface area contributed by atoms with Gasteiger partial charge in [-0.05, 0) is 36.4 Å². The van der Waals surface area contributed by atoms with Crippen molar-refractivity contribution in [3.63, 3.8) is 0 Å². The first-order valence-electron chi connectivity index (χ1n) is 6.43. The Balaban J connectivity index is 0.00000176. The molecule has 1 aromatic heterocycles. The Morgan fingerprint density at radius 2 is 1.77 bits per heavy atom. The maximum absolute atomic E-state index is 11.4. The highest BCUT2D eigenvalue weighted by Gasteiger charge is 2.06. The Hall–Kier alpha value is -2.66. The van der Waals surface area contributed by atoms with Gasteiger partial charge in [0.25, 0.3) is 0 Å². The predicted octanol–water partition coefficient (Wildman–Crippen LogP) is 0.164. The van der Waals surface area contributed by atoms with E-state index in [0.29, 0.717) is 5.56 Å². The summed E-state index contributed by atoms with van der Waals surface area (Å²) in [6.45, 7) is 0. The second kappa shape index (κ2) is 6.87. The zero-order valence-corrected chi connectivity index (χ0v) is 12.5. The molecule has 0 saturated heterocycles. The number of carbonyl (C=O) groups excluding carboxylic acids is 1. The van der Waals surface area contributed by atoms with Gasteiger partial charge in [-0.15, -0.1) is 0 Å². The summed E-state index contributed by atoms with van der Waals surface area (Å²) in [5.74, 6) is 0.375. The molecule has 3 aromatic rings. The highest BCUT2D eigenvalue weighted by molar-refractivity contribution is 5.92. The second-order valence-electron chi connectivity index (χ2n) is 4.43. The number of para-hydroxylation sites is 1. The van der Waals surface area contributed by atoms with E-state index in [9.17, 15) is 4.79 Å². The normalized spacial score (nSPS) is 9.86. The lowest BCUT2D eigenvalue weighted by molar-refractivity contribution is -0.0000189. The van der Waals surface area contributed by atoms with Crippen LogP contribution in [0, 0.1) is 0 Å². The summed E-state index contributed by atoms with van der Waals surface area (Å²) < 4.78 is 4.67. The monoisotopic (exact) mass is 314 g/mol. The van der Waals surface area contributed by atoms with Crippen LogP contribution in [-0.2, 0) is 4.74 Å². The molecule has 0 unspecified atom stereocenters. The fourth-order valence-electron chi connectivity index (χ4n) is 2.05. The molecule has 0 radical (unpaired) electrons. The lowest BCUT2D eigenvalue weighted by Gasteiger charge is -2.08. The van der Waals surface area contributed by atoms with Gasteiger partial charge in [-0.1, -0.05) is 12.1 Å². The van der Waals surface area contributed by atoms with Crippen LogP contribution in [0.3, 0.4) is 0 Å². The minimum absolute atomic E-state index is 0. The Morgan fingerprint density at radius 3 is 2.50 bits per heavy atom. The number of nitrogens with one attached hydrogen (secondary N) is 1. The Morgan fingerprint density at radius 1 is 1.05 bits per heavy atom. The number of esters is 1. The summed E-state index contributed by atoms with van der Waals surface area (Å²) in [7, 11) is 1.36. The van der Waals surface area contributed by atoms with Crippen LogP contribution in [0.1, 0.15) is 10.4 Å². The molecule has 0 spiro atoms. The van der Waals surface area contributed by atoms with E-state index in [-0.39, 0.29) is 18.4 Å². The van der Waals surface area contributed by atoms with Crippen LogP contribution in [0.25, 0.3) is 10.9 Å². The van der Waals surface area contributed by atoms with Crippen LogP contribution in [0.4, 0.5) is 11.5 Å². The number of rotatable bonds is 3. The first-order valence-corrected chi connectivity index (χ1v) is 6.43. The van der Waals surface area contributed by atoms with Crippen LogP contribution in [0.2, 0.25) is 0 Å². The molecule has 6 heteroatoms. The Labute approximate surface area is 133 Å². The maximum Gasteiger partial charge on any atom is 0.337 e. The number of methoxy groups -OCH3 is 1. The fraction of sp³-hybridized carbons (Fsp3) is 0.0625. The predicted molar refractivity (Wildman–Crippen MR) is 80.6 cm³/mol. The molecule has 1 heterocycles. The van der Waals surface area contributed by atoms with Crippen molar-refractivity contribution in [2.45, 2.75) is 0 Å². The molecular formula is C16H13ClN3O2-. The SMILES string of the molecule is COC(=O)c1ccc(Nc2ncnc3ccccc23)cc1.[Cl-]. The van der Waals surface area contributed by atoms with Gasteiger partial charge in [0, 0.05) is 11.1 Å². The van der Waals surface area contributed by atoms with Crippen molar-refractivity contribution in [2.24, 2.45) is 0 Å². The van der Waals surface area contributed by atoms with E-state index in [1.807, 2.05) is 36.4 Å². The number of fused-ring (bicyclic) bond motifs is 1. The van der Waals surface area contributed by atoms with Crippen LogP contribution in [0.15, 0.2) is 54.9 Å². The molecule has 0 atom stereocenters.